The molecule has 0 atom stereocenters. The van der Waals surface area contributed by atoms with E-state index in [9.17, 15) is 19.2 Å². The first-order valence-electron chi connectivity index (χ1n) is 7.53. The molecule has 0 aliphatic carbocycles. The first-order chi connectivity index (χ1) is 10.7. The minimum atomic E-state index is -1.02. The number of hydrogen-bond donors (Lipinski definition) is 0. The van der Waals surface area contributed by atoms with E-state index in [0.717, 1.165) is 0 Å². The first kappa shape index (κ1) is 26.6. The molecule has 134 valence electrons. The highest BCUT2D eigenvalue weighted by Crippen LogP contribution is 2.16. The highest BCUT2D eigenvalue weighted by molar-refractivity contribution is 6.01. The number of hydrogen-bond acceptors (Lipinski definition) is 6. The Balaban J connectivity index is -0.000000298. The van der Waals surface area contributed by atoms with Crippen molar-refractivity contribution in [2.45, 2.75) is 68.2 Å². The van der Waals surface area contributed by atoms with Gasteiger partial charge >= 0.3 is 0 Å². The van der Waals surface area contributed by atoms with E-state index in [-0.39, 0.29) is 29.6 Å². The molecule has 6 nitrogen and oxygen atoms in total. The van der Waals surface area contributed by atoms with Crippen molar-refractivity contribution in [3.8, 4) is 12.1 Å². The van der Waals surface area contributed by atoms with E-state index in [1.54, 1.807) is 20.8 Å². The van der Waals surface area contributed by atoms with Crippen LogP contribution in [0.15, 0.2) is 0 Å². The van der Waals surface area contributed by atoms with Crippen LogP contribution in [-0.2, 0) is 19.2 Å². The average Bonchev–Trinajstić information content (AvgIpc) is 2.47. The molecule has 0 heterocycles. The van der Waals surface area contributed by atoms with Crippen molar-refractivity contribution in [2.24, 2.45) is 10.8 Å². The molecule has 0 unspecified atom stereocenters. The van der Waals surface area contributed by atoms with Gasteiger partial charge in [0.15, 0.2) is 5.78 Å². The molecule has 0 saturated heterocycles. The summed E-state index contributed by atoms with van der Waals surface area (Å²) in [6.07, 6.45) is 0.528. The van der Waals surface area contributed by atoms with Gasteiger partial charge in [0, 0.05) is 6.42 Å². The Morgan fingerprint density at radius 2 is 1.12 bits per heavy atom. The van der Waals surface area contributed by atoms with E-state index in [4.69, 9.17) is 10.5 Å². The molecule has 0 aliphatic rings. The maximum absolute atomic E-state index is 11.1. The number of rotatable bonds is 5. The zero-order chi connectivity index (χ0) is 20.1. The fourth-order valence-corrected chi connectivity index (χ4v) is 0.588. The number of carbonyl (C=O) groups excluding carboxylic acids is 4. The quantitative estimate of drug-likeness (QED) is 0.712. The molecule has 0 saturated carbocycles. The molecule has 0 N–H and O–H groups in total. The van der Waals surface area contributed by atoms with Crippen LogP contribution in [0.25, 0.3) is 0 Å². The molecule has 0 aromatic heterocycles. The maximum atomic E-state index is 11.1. The summed E-state index contributed by atoms with van der Waals surface area (Å²) < 4.78 is 0. The zero-order valence-electron chi connectivity index (χ0n) is 15.9. The predicted octanol–water partition coefficient (Wildman–Crippen LogP) is 3.19. The fourth-order valence-electron chi connectivity index (χ4n) is 0.588. The molecule has 0 aliphatic heterocycles. The van der Waals surface area contributed by atoms with E-state index in [2.05, 4.69) is 0 Å². The molecule has 0 spiro atoms. The van der Waals surface area contributed by atoms with Crippen LogP contribution in [0.2, 0.25) is 0 Å². The van der Waals surface area contributed by atoms with Gasteiger partial charge in [0.2, 0.25) is 0 Å². The van der Waals surface area contributed by atoms with Crippen LogP contribution in [0.1, 0.15) is 68.2 Å². The lowest BCUT2D eigenvalue weighted by molar-refractivity contribution is -0.129. The molecule has 6 heteroatoms. The molecular weight excluding hydrogens is 308 g/mol. The lowest BCUT2D eigenvalue weighted by atomic mass is 9.87. The third-order valence-electron chi connectivity index (χ3n) is 3.04. The van der Waals surface area contributed by atoms with Crippen molar-refractivity contribution in [2.75, 3.05) is 0 Å². The smallest absolute Gasteiger partial charge is 0.159 e. The van der Waals surface area contributed by atoms with E-state index in [1.807, 2.05) is 19.1 Å². The molecule has 0 amide bonds. The second kappa shape index (κ2) is 12.1. The van der Waals surface area contributed by atoms with Crippen LogP contribution < -0.4 is 0 Å². The molecule has 0 bridgehead atoms. The van der Waals surface area contributed by atoms with Gasteiger partial charge < -0.3 is 4.79 Å². The summed E-state index contributed by atoms with van der Waals surface area (Å²) in [5, 5.41) is 16.8. The van der Waals surface area contributed by atoms with Crippen molar-refractivity contribution in [3.63, 3.8) is 0 Å². The summed E-state index contributed by atoms with van der Waals surface area (Å²) in [4.78, 5) is 41.8. The predicted molar refractivity (Wildman–Crippen MR) is 90.7 cm³/mol. The molecular formula is C18H28N2O4. The number of ketones is 4. The normalized spacial score (nSPS) is 9.75. The Kier molecular flexibility index (Phi) is 13.4. The van der Waals surface area contributed by atoms with Gasteiger partial charge in [-0.25, -0.2) is 0 Å². The van der Waals surface area contributed by atoms with Gasteiger partial charge in [0.25, 0.3) is 0 Å². The van der Waals surface area contributed by atoms with Crippen LogP contribution in [-0.4, -0.2) is 23.1 Å². The Morgan fingerprint density at radius 1 is 0.792 bits per heavy atom. The number of nitrogens with zero attached hydrogens (tertiary/aromatic N) is 2. The van der Waals surface area contributed by atoms with E-state index >= 15 is 0 Å². The summed E-state index contributed by atoms with van der Waals surface area (Å²) in [7, 11) is 0. The topological polar surface area (TPSA) is 116 Å². The van der Waals surface area contributed by atoms with Crippen LogP contribution in [0.3, 0.4) is 0 Å². The lowest BCUT2D eigenvalue weighted by Gasteiger charge is -2.11. The summed E-state index contributed by atoms with van der Waals surface area (Å²) in [6, 6.07) is 3.74. The van der Waals surface area contributed by atoms with Crippen LogP contribution in [0, 0.1) is 33.5 Å². The van der Waals surface area contributed by atoms with Gasteiger partial charge in [0.05, 0.1) is 18.6 Å². The van der Waals surface area contributed by atoms with Crippen molar-refractivity contribution in [3.05, 3.63) is 0 Å². The third-order valence-corrected chi connectivity index (χ3v) is 3.04. The SMILES string of the molecule is CC(=O)C(C)(C)C#N.CC(=O)CC(=O)C(C)(C)C#N.CCC(C)=O. The van der Waals surface area contributed by atoms with Crippen molar-refractivity contribution >= 4 is 23.1 Å². The number of carbonyl (C=O) groups is 4. The molecule has 24 heavy (non-hydrogen) atoms. The van der Waals surface area contributed by atoms with E-state index in [0.29, 0.717) is 6.42 Å². The summed E-state index contributed by atoms with van der Waals surface area (Å²) in [5.74, 6) is -0.337. The minimum Gasteiger partial charge on any atom is -0.300 e. The average molecular weight is 336 g/mol. The molecule has 0 radical (unpaired) electrons. The van der Waals surface area contributed by atoms with Gasteiger partial charge in [-0.1, -0.05) is 6.92 Å². The number of nitriles is 2. The van der Waals surface area contributed by atoms with Gasteiger partial charge in [0.1, 0.15) is 28.2 Å². The van der Waals surface area contributed by atoms with Crippen LogP contribution in [0.5, 0.6) is 0 Å². The Hall–Kier alpha value is -2.34. The van der Waals surface area contributed by atoms with Gasteiger partial charge in [-0.3, -0.25) is 14.4 Å². The van der Waals surface area contributed by atoms with Gasteiger partial charge in [-0.2, -0.15) is 10.5 Å². The first-order valence-corrected chi connectivity index (χ1v) is 7.53. The Labute approximate surface area is 144 Å². The zero-order valence-corrected chi connectivity index (χ0v) is 15.9. The third kappa shape index (κ3) is 14.6. The van der Waals surface area contributed by atoms with Crippen molar-refractivity contribution in [1.29, 1.82) is 10.5 Å². The fraction of sp³-hybridized carbons (Fsp3) is 0.667. The summed E-state index contributed by atoms with van der Waals surface area (Å²) >= 11 is 0. The highest BCUT2D eigenvalue weighted by Gasteiger charge is 2.27. The van der Waals surface area contributed by atoms with E-state index in [1.165, 1.54) is 27.7 Å². The minimum absolute atomic E-state index is 0.0833. The second-order valence-corrected chi connectivity index (χ2v) is 6.39. The van der Waals surface area contributed by atoms with Crippen molar-refractivity contribution < 1.29 is 19.2 Å². The van der Waals surface area contributed by atoms with Crippen LogP contribution in [0.4, 0.5) is 0 Å². The summed E-state index contributed by atoms with van der Waals surface area (Å²) in [5.41, 5.74) is -1.81. The molecule has 0 aromatic carbocycles. The van der Waals surface area contributed by atoms with E-state index < -0.39 is 10.8 Å². The maximum Gasteiger partial charge on any atom is 0.159 e. The lowest BCUT2D eigenvalue weighted by Crippen LogP contribution is -2.23. The largest absolute Gasteiger partial charge is 0.300 e. The van der Waals surface area contributed by atoms with Gasteiger partial charge in [-0.15, -0.1) is 0 Å². The monoisotopic (exact) mass is 336 g/mol. The Bertz CT molecular complexity index is 546. The second-order valence-electron chi connectivity index (χ2n) is 6.39. The Morgan fingerprint density at radius 3 is 1.25 bits per heavy atom. The van der Waals surface area contributed by atoms with Crippen LogP contribution >= 0.6 is 0 Å². The standard InChI is InChI=1S/C8H11NO2.C6H9NO.C4H8O/c1-6(10)4-7(11)8(2,3)5-9;1-5(8)6(2,3)4-7;1-3-4(2)5/h4H2,1-3H3;1-3H3;3H2,1-2H3. The number of Topliss-reactive ketones (excluding diaryl/α,β-unsaturated/α-hetero) is 4. The van der Waals surface area contributed by atoms with Gasteiger partial charge in [-0.05, 0) is 48.5 Å². The highest BCUT2D eigenvalue weighted by atomic mass is 16.1. The van der Waals surface area contributed by atoms with Crippen molar-refractivity contribution in [1.82, 2.24) is 0 Å². The molecule has 0 aromatic rings. The molecule has 0 rings (SSSR count). The molecule has 0 fully saturated rings. The summed E-state index contributed by atoms with van der Waals surface area (Å²) in [6.45, 7) is 12.4.